The van der Waals surface area contributed by atoms with Crippen molar-refractivity contribution in [1.29, 1.82) is 0 Å². The van der Waals surface area contributed by atoms with Crippen LogP contribution in [-0.2, 0) is 33.3 Å². The third-order valence-electron chi connectivity index (χ3n) is 3.43. The van der Waals surface area contributed by atoms with E-state index in [4.69, 9.17) is 18.9 Å². The lowest BCUT2D eigenvalue weighted by atomic mass is 10.2. The number of nitrogens with one attached hydrogen (secondary N) is 1. The van der Waals surface area contributed by atoms with Gasteiger partial charge in [-0.15, -0.1) is 0 Å². The van der Waals surface area contributed by atoms with Crippen molar-refractivity contribution in [1.82, 2.24) is 5.32 Å². The van der Waals surface area contributed by atoms with E-state index in [1.165, 1.54) is 7.05 Å². The quantitative estimate of drug-likeness (QED) is 0.164. The Morgan fingerprint density at radius 1 is 0.750 bits per heavy atom. The number of carbonyl (C=O) groups is 4. The Balaban J connectivity index is 5.54. The second kappa shape index (κ2) is 15.5. The van der Waals surface area contributed by atoms with Gasteiger partial charge in [-0.25, -0.2) is 9.59 Å². The molecule has 9 nitrogen and oxygen atoms in total. The molecule has 0 saturated carbocycles. The summed E-state index contributed by atoms with van der Waals surface area (Å²) in [6.07, 6.45) is 3.64. The van der Waals surface area contributed by atoms with Crippen molar-refractivity contribution in [3.8, 4) is 0 Å². The number of ether oxygens (including phenoxy) is 4. The third-order valence-corrected chi connectivity index (χ3v) is 3.43. The average Bonchev–Trinajstić information content (AvgIpc) is 2.66. The Bertz CT molecular complexity index is 556. The average molecular weight is 401 g/mol. The normalized spacial score (nSPS) is 11.1. The highest BCUT2D eigenvalue weighted by atomic mass is 16.7. The van der Waals surface area contributed by atoms with Crippen LogP contribution in [0.5, 0.6) is 0 Å². The summed E-state index contributed by atoms with van der Waals surface area (Å²) in [6.45, 7) is 5.48. The third kappa shape index (κ3) is 11.2. The van der Waals surface area contributed by atoms with Gasteiger partial charge in [-0.05, 0) is 19.8 Å². The van der Waals surface area contributed by atoms with Crippen molar-refractivity contribution in [3.63, 3.8) is 0 Å². The lowest BCUT2D eigenvalue weighted by molar-refractivity contribution is -0.155. The number of rotatable bonds is 13. The molecule has 0 aromatic carbocycles. The van der Waals surface area contributed by atoms with Gasteiger partial charge < -0.3 is 24.3 Å². The lowest BCUT2D eigenvalue weighted by Gasteiger charge is -2.14. The van der Waals surface area contributed by atoms with Gasteiger partial charge in [0.05, 0.1) is 6.61 Å². The van der Waals surface area contributed by atoms with Crippen molar-refractivity contribution in [2.45, 2.75) is 72.1 Å². The molecule has 0 aromatic rings. The van der Waals surface area contributed by atoms with Gasteiger partial charge in [0.1, 0.15) is 0 Å². The molecule has 28 heavy (non-hydrogen) atoms. The van der Waals surface area contributed by atoms with Crippen LogP contribution < -0.4 is 5.32 Å². The van der Waals surface area contributed by atoms with Crippen molar-refractivity contribution >= 4 is 24.0 Å². The van der Waals surface area contributed by atoms with Gasteiger partial charge in [0, 0.05) is 19.9 Å². The smallest absolute Gasteiger partial charge is 0.414 e. The van der Waals surface area contributed by atoms with E-state index in [1.54, 1.807) is 6.92 Å². The zero-order chi connectivity index (χ0) is 21.4. The Labute approximate surface area is 165 Å². The summed E-state index contributed by atoms with van der Waals surface area (Å²) in [7, 11) is 1.28. The van der Waals surface area contributed by atoms with Gasteiger partial charge in [0.15, 0.2) is 0 Å². The van der Waals surface area contributed by atoms with E-state index in [0.717, 1.165) is 25.7 Å². The van der Waals surface area contributed by atoms with Crippen molar-refractivity contribution in [3.05, 3.63) is 11.7 Å². The van der Waals surface area contributed by atoms with E-state index in [1.807, 2.05) is 13.8 Å². The first kappa shape index (κ1) is 25.4. The summed E-state index contributed by atoms with van der Waals surface area (Å²) in [4.78, 5) is 47.8. The Morgan fingerprint density at radius 3 is 1.75 bits per heavy atom. The van der Waals surface area contributed by atoms with E-state index in [9.17, 15) is 19.2 Å². The maximum absolute atomic E-state index is 12.2. The van der Waals surface area contributed by atoms with Crippen molar-refractivity contribution in [2.75, 3.05) is 13.7 Å². The summed E-state index contributed by atoms with van der Waals surface area (Å²) in [5.41, 5.74) is 0. The summed E-state index contributed by atoms with van der Waals surface area (Å²) in [5, 5.41) is 2.16. The van der Waals surface area contributed by atoms with Crippen LogP contribution in [0.2, 0.25) is 0 Å². The van der Waals surface area contributed by atoms with Gasteiger partial charge in [0.2, 0.25) is 0 Å². The minimum atomic E-state index is -1.08. The Kier molecular flexibility index (Phi) is 14.0. The van der Waals surface area contributed by atoms with Crippen molar-refractivity contribution in [2.24, 2.45) is 0 Å². The highest BCUT2D eigenvalue weighted by Gasteiger charge is 2.29. The predicted octanol–water partition coefficient (Wildman–Crippen LogP) is 3.32. The number of esters is 3. The minimum absolute atomic E-state index is 0.0204. The molecule has 160 valence electrons. The number of carbonyl (C=O) groups excluding carboxylic acids is 4. The number of alkyl carbamates (subject to hydrolysis) is 1. The van der Waals surface area contributed by atoms with Gasteiger partial charge in [-0.2, -0.15) is 0 Å². The monoisotopic (exact) mass is 401 g/mol. The molecule has 0 unspecified atom stereocenters. The largest absolute Gasteiger partial charge is 0.460 e. The lowest BCUT2D eigenvalue weighted by Crippen LogP contribution is -2.25. The molecule has 9 heteroatoms. The van der Waals surface area contributed by atoms with Crippen LogP contribution in [0.25, 0.3) is 0 Å². The molecule has 0 aliphatic rings. The molecule has 0 atom stereocenters. The highest BCUT2D eigenvalue weighted by Crippen LogP contribution is 2.16. The maximum Gasteiger partial charge on any atom is 0.414 e. The minimum Gasteiger partial charge on any atom is -0.460 e. The van der Waals surface area contributed by atoms with E-state index >= 15 is 0 Å². The predicted molar refractivity (Wildman–Crippen MR) is 99.7 cm³/mol. The fourth-order valence-electron chi connectivity index (χ4n) is 1.97. The molecule has 1 N–H and O–H groups in total. The fraction of sp³-hybridized carbons (Fsp3) is 0.684. The van der Waals surface area contributed by atoms with E-state index in [0.29, 0.717) is 12.8 Å². The molecule has 0 aliphatic carbocycles. The van der Waals surface area contributed by atoms with E-state index in [2.05, 4.69) is 5.32 Å². The maximum atomic E-state index is 12.2. The molecule has 0 fully saturated rings. The summed E-state index contributed by atoms with van der Waals surface area (Å²) < 4.78 is 19.7. The molecule has 0 bridgehead atoms. The van der Waals surface area contributed by atoms with Crippen LogP contribution in [0.15, 0.2) is 11.7 Å². The highest BCUT2D eigenvalue weighted by molar-refractivity contribution is 5.90. The molecule has 0 aromatic heterocycles. The summed E-state index contributed by atoms with van der Waals surface area (Å²) >= 11 is 0. The van der Waals surface area contributed by atoms with Crippen LogP contribution in [-0.4, -0.2) is 37.7 Å². The van der Waals surface area contributed by atoms with Crippen LogP contribution in [0.1, 0.15) is 72.1 Å². The van der Waals surface area contributed by atoms with Crippen LogP contribution in [0.3, 0.4) is 0 Å². The fourth-order valence-corrected chi connectivity index (χ4v) is 1.97. The van der Waals surface area contributed by atoms with Crippen LogP contribution in [0, 0.1) is 0 Å². The molecule has 0 radical (unpaired) electrons. The first-order valence-electron chi connectivity index (χ1n) is 9.61. The second-order valence-corrected chi connectivity index (χ2v) is 5.84. The zero-order valence-corrected chi connectivity index (χ0v) is 17.1. The summed E-state index contributed by atoms with van der Waals surface area (Å²) in [5.74, 6) is -4.11. The number of hydrogen-bond acceptors (Lipinski definition) is 8. The van der Waals surface area contributed by atoms with Gasteiger partial charge in [-0.1, -0.05) is 39.5 Å². The standard InChI is InChI=1S/C19H31NO8/c1-5-8-10-12-14(21)26-16(17(23)25-7-3)18(28-19(24)20-4)27-15(22)13-11-9-6-2/h5-13H2,1-4H3,(H,20,24). The number of hydrogen-bond donors (Lipinski definition) is 1. The van der Waals surface area contributed by atoms with E-state index in [-0.39, 0.29) is 19.4 Å². The van der Waals surface area contributed by atoms with Gasteiger partial charge in [-0.3, -0.25) is 9.59 Å². The number of unbranched alkanes of at least 4 members (excludes halogenated alkanes) is 4. The molecular formula is C19H31NO8. The molecular weight excluding hydrogens is 370 g/mol. The van der Waals surface area contributed by atoms with Gasteiger partial charge in [0.25, 0.3) is 5.76 Å². The van der Waals surface area contributed by atoms with Gasteiger partial charge >= 0.3 is 29.9 Å². The molecule has 0 aliphatic heterocycles. The van der Waals surface area contributed by atoms with Crippen LogP contribution >= 0.6 is 0 Å². The second-order valence-electron chi connectivity index (χ2n) is 5.84. The van der Waals surface area contributed by atoms with Crippen molar-refractivity contribution < 1.29 is 38.1 Å². The van der Waals surface area contributed by atoms with Crippen LogP contribution in [0.4, 0.5) is 4.79 Å². The molecule has 0 heterocycles. The van der Waals surface area contributed by atoms with E-state index < -0.39 is 35.7 Å². The molecule has 0 saturated heterocycles. The Hall–Kier alpha value is -2.58. The zero-order valence-electron chi connectivity index (χ0n) is 17.1. The molecule has 0 spiro atoms. The first-order valence-corrected chi connectivity index (χ1v) is 9.61. The number of amides is 1. The Morgan fingerprint density at radius 2 is 1.29 bits per heavy atom. The summed E-state index contributed by atoms with van der Waals surface area (Å²) in [6, 6.07) is 0. The molecule has 1 amide bonds. The molecule has 0 rings (SSSR count). The SMILES string of the molecule is CCCCCC(=O)OC(OC(=O)NC)=C(OC(=O)CCCCC)C(=O)OCC. The topological polar surface area (TPSA) is 117 Å². The first-order chi connectivity index (χ1) is 13.4.